The molecule has 2 amide bonds. The van der Waals surface area contributed by atoms with E-state index in [4.69, 9.17) is 15.9 Å². The van der Waals surface area contributed by atoms with E-state index in [2.05, 4.69) is 16.6 Å². The second-order valence-corrected chi connectivity index (χ2v) is 8.26. The zero-order valence-corrected chi connectivity index (χ0v) is 22.4. The number of aliphatic carboxylic acids is 1. The van der Waals surface area contributed by atoms with Gasteiger partial charge in [-0.1, -0.05) is 18.2 Å². The Hall–Kier alpha value is -2.01. The SMILES string of the molecule is C#CCCCCO[C@]1(C(=O)[O-])C[C@H](O)[C@@H](NC(C)=O)C([C@H](O)[C@H](O)CNC(=O)c2ccccc2)O1.[Na+]. The Morgan fingerprint density at radius 3 is 2.53 bits per heavy atom. The van der Waals surface area contributed by atoms with Crippen LogP contribution in [0.25, 0.3) is 0 Å². The molecule has 1 saturated heterocycles. The molecule has 0 spiro atoms. The van der Waals surface area contributed by atoms with Crippen LogP contribution >= 0.6 is 0 Å². The monoisotopic (exact) mass is 514 g/mol. The van der Waals surface area contributed by atoms with Crippen molar-refractivity contribution in [2.75, 3.05) is 13.2 Å². The first-order valence-electron chi connectivity index (χ1n) is 11.2. The number of ether oxygens (including phenoxy) is 2. The van der Waals surface area contributed by atoms with E-state index >= 15 is 0 Å². The Bertz CT molecular complexity index is 911. The number of carbonyl (C=O) groups is 3. The van der Waals surface area contributed by atoms with Crippen LogP contribution in [0.3, 0.4) is 0 Å². The van der Waals surface area contributed by atoms with Gasteiger partial charge in [-0.3, -0.25) is 9.59 Å². The number of nitrogens with one attached hydrogen (secondary N) is 2. The van der Waals surface area contributed by atoms with Crippen molar-refractivity contribution in [1.82, 2.24) is 10.6 Å². The minimum atomic E-state index is -2.44. The number of rotatable bonds is 12. The summed E-state index contributed by atoms with van der Waals surface area (Å²) in [6.07, 6.45) is -0.615. The fourth-order valence-electron chi connectivity index (χ4n) is 3.74. The molecule has 0 aliphatic carbocycles. The summed E-state index contributed by atoms with van der Waals surface area (Å²) in [6, 6.07) is 6.87. The third-order valence-corrected chi connectivity index (χ3v) is 5.54. The maximum atomic E-state index is 12.2. The average molecular weight is 515 g/mol. The van der Waals surface area contributed by atoms with Gasteiger partial charge in [0.05, 0.1) is 24.9 Å². The number of benzene rings is 1. The number of hydrogen-bond acceptors (Lipinski definition) is 9. The van der Waals surface area contributed by atoms with Gasteiger partial charge < -0.3 is 45.3 Å². The van der Waals surface area contributed by atoms with Crippen LogP contribution in [0.15, 0.2) is 30.3 Å². The first-order chi connectivity index (χ1) is 16.6. The largest absolute Gasteiger partial charge is 1.00 e. The van der Waals surface area contributed by atoms with Crippen molar-refractivity contribution in [3.05, 3.63) is 35.9 Å². The molecule has 1 aromatic carbocycles. The van der Waals surface area contributed by atoms with Crippen molar-refractivity contribution in [3.63, 3.8) is 0 Å². The molecule has 0 saturated carbocycles. The summed E-state index contributed by atoms with van der Waals surface area (Å²) in [7, 11) is 0. The zero-order valence-electron chi connectivity index (χ0n) is 20.4. The molecule has 1 unspecified atom stereocenters. The van der Waals surface area contributed by atoms with E-state index in [9.17, 15) is 34.8 Å². The number of carboxylic acids is 1. The third-order valence-electron chi connectivity index (χ3n) is 5.54. The van der Waals surface area contributed by atoms with Gasteiger partial charge in [-0.25, -0.2) is 0 Å². The van der Waals surface area contributed by atoms with E-state index in [0.717, 1.165) is 6.92 Å². The van der Waals surface area contributed by atoms with Gasteiger partial charge >= 0.3 is 29.6 Å². The molecule has 1 fully saturated rings. The van der Waals surface area contributed by atoms with Gasteiger partial charge in [-0.2, -0.15) is 0 Å². The van der Waals surface area contributed by atoms with Crippen LogP contribution in [-0.2, 0) is 19.1 Å². The Kier molecular flexibility index (Phi) is 13.6. The van der Waals surface area contributed by atoms with E-state index in [1.54, 1.807) is 30.3 Å². The fourth-order valence-corrected chi connectivity index (χ4v) is 3.74. The molecule has 1 aliphatic rings. The van der Waals surface area contributed by atoms with Crippen molar-refractivity contribution < 1.29 is 73.8 Å². The molecule has 36 heavy (non-hydrogen) atoms. The van der Waals surface area contributed by atoms with E-state index < -0.39 is 67.0 Å². The molecular weight excluding hydrogens is 483 g/mol. The van der Waals surface area contributed by atoms with Crippen molar-refractivity contribution in [1.29, 1.82) is 0 Å². The molecule has 1 aliphatic heterocycles. The third kappa shape index (κ3) is 8.83. The first kappa shape index (κ1) is 32.0. The van der Waals surface area contributed by atoms with E-state index in [-0.39, 0.29) is 36.2 Å². The smallest absolute Gasteiger partial charge is 0.544 e. The Balaban J connectivity index is 0.00000648. The Morgan fingerprint density at radius 1 is 1.28 bits per heavy atom. The van der Waals surface area contributed by atoms with Gasteiger partial charge in [-0.15, -0.1) is 12.3 Å². The number of amides is 2. The second kappa shape index (κ2) is 15.3. The minimum Gasteiger partial charge on any atom is -0.544 e. The van der Waals surface area contributed by atoms with Gasteiger partial charge in [0.25, 0.3) is 5.91 Å². The number of hydrogen-bond donors (Lipinski definition) is 5. The summed E-state index contributed by atoms with van der Waals surface area (Å²) in [5.41, 5.74) is 0.323. The fraction of sp³-hybridized carbons (Fsp3) is 0.542. The summed E-state index contributed by atoms with van der Waals surface area (Å²) in [6.45, 7) is 0.643. The van der Waals surface area contributed by atoms with Gasteiger partial charge in [0.15, 0.2) is 0 Å². The molecule has 2 rings (SSSR count). The molecular formula is C24H31N2NaO9. The normalized spacial score (nSPS) is 24.9. The van der Waals surface area contributed by atoms with E-state index in [1.165, 1.54) is 0 Å². The van der Waals surface area contributed by atoms with Crippen LogP contribution in [-0.4, -0.2) is 82.5 Å². The maximum absolute atomic E-state index is 12.2. The maximum Gasteiger partial charge on any atom is 1.00 e. The zero-order chi connectivity index (χ0) is 26.0. The second-order valence-electron chi connectivity index (χ2n) is 8.26. The van der Waals surface area contributed by atoms with Gasteiger partial charge in [0.1, 0.15) is 18.2 Å². The molecule has 0 bridgehead atoms. The predicted molar refractivity (Wildman–Crippen MR) is 120 cm³/mol. The van der Waals surface area contributed by atoms with Gasteiger partial charge in [-0.05, 0) is 25.0 Å². The van der Waals surface area contributed by atoms with Crippen molar-refractivity contribution in [2.45, 2.75) is 68.9 Å². The average Bonchev–Trinajstić information content (AvgIpc) is 2.83. The standard InChI is InChI=1S/C24H32N2O9.Na/c1-3-4-5-9-12-34-24(23(32)33)13-17(28)19(26-15(2)27)21(35-24)20(30)18(29)14-25-22(31)16-10-7-6-8-11-16;/h1,6-8,10-11,17-21,28-30H,4-5,9,12-14H2,2H3,(H,25,31)(H,26,27)(H,32,33);/q;+1/p-1/t17-,18+,19+,20+,21?,24+;/m0./s1. The summed E-state index contributed by atoms with van der Waals surface area (Å²) >= 11 is 0. The van der Waals surface area contributed by atoms with Gasteiger partial charge in [0.2, 0.25) is 11.7 Å². The van der Waals surface area contributed by atoms with Gasteiger partial charge in [0, 0.05) is 31.9 Å². The molecule has 0 radical (unpaired) electrons. The number of unbranched alkanes of at least 4 members (excludes halogenated alkanes) is 2. The number of aliphatic hydroxyl groups excluding tert-OH is 3. The minimum absolute atomic E-state index is 0. The van der Waals surface area contributed by atoms with E-state index in [0.29, 0.717) is 24.8 Å². The van der Waals surface area contributed by atoms with Crippen molar-refractivity contribution >= 4 is 17.8 Å². The summed E-state index contributed by atoms with van der Waals surface area (Å²) in [4.78, 5) is 35.9. The molecule has 12 heteroatoms. The van der Waals surface area contributed by atoms with E-state index in [1.807, 2.05) is 0 Å². The Labute approximate surface area is 231 Å². The van der Waals surface area contributed by atoms with Crippen LogP contribution in [0, 0.1) is 12.3 Å². The Morgan fingerprint density at radius 2 is 1.94 bits per heavy atom. The van der Waals surface area contributed by atoms with Crippen LogP contribution in [0.1, 0.15) is 43.0 Å². The number of carboxylic acid groups (broad SMARTS) is 1. The summed E-state index contributed by atoms with van der Waals surface area (Å²) < 4.78 is 11.0. The summed E-state index contributed by atoms with van der Waals surface area (Å²) in [5, 5.41) is 48.8. The molecule has 6 atom stereocenters. The molecule has 192 valence electrons. The topological polar surface area (TPSA) is 177 Å². The predicted octanol–water partition coefficient (Wildman–Crippen LogP) is -4.94. The molecule has 5 N–H and O–H groups in total. The molecule has 1 aromatic rings. The first-order valence-corrected chi connectivity index (χ1v) is 11.2. The molecule has 11 nitrogen and oxygen atoms in total. The summed E-state index contributed by atoms with van der Waals surface area (Å²) in [5.74, 6) is -2.89. The number of carbonyl (C=O) groups excluding carboxylic acids is 3. The number of aliphatic hydroxyl groups is 3. The quantitative estimate of drug-likeness (QED) is 0.104. The van der Waals surface area contributed by atoms with Crippen LogP contribution < -0.4 is 45.3 Å². The van der Waals surface area contributed by atoms with Crippen molar-refractivity contribution in [2.24, 2.45) is 0 Å². The van der Waals surface area contributed by atoms with Crippen LogP contribution in [0.5, 0.6) is 0 Å². The molecule has 0 aromatic heterocycles. The van der Waals surface area contributed by atoms with Crippen LogP contribution in [0.2, 0.25) is 0 Å². The molecule has 1 heterocycles. The number of terminal acetylenes is 1. The van der Waals surface area contributed by atoms with Crippen molar-refractivity contribution in [3.8, 4) is 12.3 Å². The van der Waals surface area contributed by atoms with Crippen LogP contribution in [0.4, 0.5) is 0 Å².